The van der Waals surface area contributed by atoms with Crippen molar-refractivity contribution in [3.63, 3.8) is 0 Å². The number of benzene rings is 1. The molecule has 6 nitrogen and oxygen atoms in total. The van der Waals surface area contributed by atoms with E-state index in [0.717, 1.165) is 10.0 Å². The number of nitrogens with one attached hydrogen (secondary N) is 1. The maximum Gasteiger partial charge on any atom is 0.230 e. The number of amides is 1. The van der Waals surface area contributed by atoms with Crippen molar-refractivity contribution in [3.05, 3.63) is 40.5 Å². The van der Waals surface area contributed by atoms with Gasteiger partial charge in [0, 0.05) is 10.7 Å². The number of aromatic hydroxyl groups is 1. The van der Waals surface area contributed by atoms with E-state index in [9.17, 15) is 9.90 Å². The summed E-state index contributed by atoms with van der Waals surface area (Å²) in [5.74, 6) is 0.973. The zero-order chi connectivity index (χ0) is 17.5. The van der Waals surface area contributed by atoms with Crippen LogP contribution in [0.25, 0.3) is 0 Å². The molecule has 0 fully saturated rings. The Hall–Kier alpha value is -2.28. The summed E-state index contributed by atoms with van der Waals surface area (Å²) >= 11 is 3.45. The second-order valence-electron chi connectivity index (χ2n) is 4.85. The number of rotatable bonds is 7. The van der Waals surface area contributed by atoms with Crippen LogP contribution in [0.2, 0.25) is 0 Å². The summed E-state index contributed by atoms with van der Waals surface area (Å²) in [6.45, 7) is 4.79. The van der Waals surface area contributed by atoms with Crippen molar-refractivity contribution in [3.8, 4) is 17.2 Å². The van der Waals surface area contributed by atoms with E-state index in [0.29, 0.717) is 24.7 Å². The van der Waals surface area contributed by atoms with Crippen LogP contribution in [-0.4, -0.2) is 29.2 Å². The monoisotopic (exact) mass is 394 g/mol. The summed E-state index contributed by atoms with van der Waals surface area (Å²) in [5, 5.41) is 12.3. The molecular weight excluding hydrogens is 376 g/mol. The van der Waals surface area contributed by atoms with Crippen LogP contribution in [0.3, 0.4) is 0 Å². The van der Waals surface area contributed by atoms with Crippen molar-refractivity contribution < 1.29 is 19.4 Å². The van der Waals surface area contributed by atoms with E-state index in [4.69, 9.17) is 9.47 Å². The number of halogens is 1. The third-order valence-electron chi connectivity index (χ3n) is 3.11. The van der Waals surface area contributed by atoms with Gasteiger partial charge in [0.15, 0.2) is 23.1 Å². The molecule has 0 saturated carbocycles. The number of carbonyl (C=O) groups excluding carboxylic acids is 1. The molecular formula is C17H19BrN2O4. The fourth-order valence-electron chi connectivity index (χ4n) is 2.09. The Balaban J connectivity index is 2.17. The molecule has 0 bridgehead atoms. The molecule has 0 aliphatic rings. The fourth-order valence-corrected chi connectivity index (χ4v) is 2.55. The molecule has 0 radical (unpaired) electrons. The molecule has 1 amide bonds. The number of hydrogen-bond donors (Lipinski definition) is 2. The van der Waals surface area contributed by atoms with Crippen molar-refractivity contribution in [2.24, 2.45) is 0 Å². The molecule has 0 aliphatic carbocycles. The highest BCUT2D eigenvalue weighted by Gasteiger charge is 2.14. The van der Waals surface area contributed by atoms with Crippen LogP contribution >= 0.6 is 15.9 Å². The highest BCUT2D eigenvalue weighted by atomic mass is 79.9. The smallest absolute Gasteiger partial charge is 0.230 e. The van der Waals surface area contributed by atoms with Crippen LogP contribution < -0.4 is 14.8 Å². The Morgan fingerprint density at radius 2 is 1.92 bits per heavy atom. The Bertz CT molecular complexity index is 722. The quantitative estimate of drug-likeness (QED) is 0.750. The van der Waals surface area contributed by atoms with E-state index >= 15 is 0 Å². The van der Waals surface area contributed by atoms with E-state index in [2.05, 4.69) is 26.2 Å². The Labute approximate surface area is 148 Å². The zero-order valence-electron chi connectivity index (χ0n) is 13.5. The fraction of sp³-hybridized carbons (Fsp3) is 0.294. The predicted molar refractivity (Wildman–Crippen MR) is 94.7 cm³/mol. The zero-order valence-corrected chi connectivity index (χ0v) is 15.1. The largest absolute Gasteiger partial charge is 0.504 e. The van der Waals surface area contributed by atoms with E-state index in [1.54, 1.807) is 18.2 Å². The summed E-state index contributed by atoms with van der Waals surface area (Å²) in [7, 11) is 0. The van der Waals surface area contributed by atoms with Gasteiger partial charge in [-0.2, -0.15) is 0 Å². The first-order valence-corrected chi connectivity index (χ1v) is 8.36. The van der Waals surface area contributed by atoms with Gasteiger partial charge in [0.2, 0.25) is 5.91 Å². The molecule has 1 heterocycles. The number of pyridine rings is 1. The molecule has 2 N–H and O–H groups in total. The molecule has 1 aromatic heterocycles. The van der Waals surface area contributed by atoms with E-state index in [1.807, 2.05) is 13.8 Å². The average molecular weight is 395 g/mol. The SMILES string of the molecule is CCOc1cc(Br)c(CC(=O)Nc2ncccc2O)cc1OCC. The molecule has 7 heteroatoms. The second kappa shape index (κ2) is 8.54. The molecule has 0 spiro atoms. The lowest BCUT2D eigenvalue weighted by Crippen LogP contribution is -2.16. The van der Waals surface area contributed by atoms with Crippen LogP contribution in [0.5, 0.6) is 17.2 Å². The van der Waals surface area contributed by atoms with Crippen LogP contribution in [-0.2, 0) is 11.2 Å². The van der Waals surface area contributed by atoms with Crippen molar-refractivity contribution >= 4 is 27.7 Å². The molecule has 24 heavy (non-hydrogen) atoms. The summed E-state index contributed by atoms with van der Waals surface area (Å²) in [6, 6.07) is 6.61. The summed E-state index contributed by atoms with van der Waals surface area (Å²) in [5.41, 5.74) is 0.745. The Kier molecular flexibility index (Phi) is 6.43. The summed E-state index contributed by atoms with van der Waals surface area (Å²) in [6.07, 6.45) is 1.60. The highest BCUT2D eigenvalue weighted by Crippen LogP contribution is 2.34. The summed E-state index contributed by atoms with van der Waals surface area (Å²) < 4.78 is 11.9. The van der Waals surface area contributed by atoms with E-state index < -0.39 is 0 Å². The standard InChI is InChI=1S/C17H19BrN2O4/c1-3-23-14-8-11(12(18)10-15(14)24-4-2)9-16(22)20-17-13(21)6-5-7-19-17/h5-8,10,21H,3-4,9H2,1-2H3,(H,19,20,22). The van der Waals surface area contributed by atoms with Gasteiger partial charge in [0.1, 0.15) is 0 Å². The number of hydrogen-bond acceptors (Lipinski definition) is 5. The Morgan fingerprint density at radius 1 is 1.25 bits per heavy atom. The lowest BCUT2D eigenvalue weighted by Gasteiger charge is -2.14. The van der Waals surface area contributed by atoms with Crippen molar-refractivity contribution in [2.75, 3.05) is 18.5 Å². The van der Waals surface area contributed by atoms with Crippen molar-refractivity contribution in [2.45, 2.75) is 20.3 Å². The minimum Gasteiger partial charge on any atom is -0.504 e. The van der Waals surface area contributed by atoms with Crippen LogP contribution in [0.4, 0.5) is 5.82 Å². The molecule has 0 atom stereocenters. The molecule has 0 aliphatic heterocycles. The number of anilines is 1. The molecule has 0 saturated heterocycles. The van der Waals surface area contributed by atoms with Gasteiger partial charge in [-0.15, -0.1) is 0 Å². The number of aromatic nitrogens is 1. The van der Waals surface area contributed by atoms with Crippen LogP contribution in [0.1, 0.15) is 19.4 Å². The second-order valence-corrected chi connectivity index (χ2v) is 5.71. The van der Waals surface area contributed by atoms with Gasteiger partial charge in [-0.05, 0) is 43.7 Å². The average Bonchev–Trinajstić information content (AvgIpc) is 2.54. The van der Waals surface area contributed by atoms with Gasteiger partial charge < -0.3 is 19.9 Å². The first-order chi connectivity index (χ1) is 11.5. The van der Waals surface area contributed by atoms with Gasteiger partial charge in [-0.25, -0.2) is 4.98 Å². The van der Waals surface area contributed by atoms with Crippen molar-refractivity contribution in [1.82, 2.24) is 4.98 Å². The molecule has 2 rings (SSSR count). The third-order valence-corrected chi connectivity index (χ3v) is 3.85. The lowest BCUT2D eigenvalue weighted by atomic mass is 10.1. The maximum absolute atomic E-state index is 12.2. The van der Waals surface area contributed by atoms with Gasteiger partial charge in [0.05, 0.1) is 19.6 Å². The third kappa shape index (κ3) is 4.61. The van der Waals surface area contributed by atoms with Gasteiger partial charge in [0.25, 0.3) is 0 Å². The molecule has 128 valence electrons. The van der Waals surface area contributed by atoms with Gasteiger partial charge in [-0.1, -0.05) is 15.9 Å². The topological polar surface area (TPSA) is 80.7 Å². The lowest BCUT2D eigenvalue weighted by molar-refractivity contribution is -0.115. The number of carbonyl (C=O) groups is 1. The van der Waals surface area contributed by atoms with Gasteiger partial charge >= 0.3 is 0 Å². The normalized spacial score (nSPS) is 10.3. The number of nitrogens with zero attached hydrogens (tertiary/aromatic N) is 1. The maximum atomic E-state index is 12.2. The first-order valence-electron chi connectivity index (χ1n) is 7.57. The van der Waals surface area contributed by atoms with Crippen LogP contribution in [0, 0.1) is 0 Å². The van der Waals surface area contributed by atoms with Crippen LogP contribution in [0.15, 0.2) is 34.9 Å². The molecule has 0 unspecified atom stereocenters. The van der Waals surface area contributed by atoms with Crippen molar-refractivity contribution in [1.29, 1.82) is 0 Å². The van der Waals surface area contributed by atoms with E-state index in [1.165, 1.54) is 12.3 Å². The first kappa shape index (κ1) is 18.1. The minimum atomic E-state index is -0.295. The van der Waals surface area contributed by atoms with E-state index in [-0.39, 0.29) is 23.9 Å². The van der Waals surface area contributed by atoms with Gasteiger partial charge in [-0.3, -0.25) is 4.79 Å². The Morgan fingerprint density at radius 3 is 2.54 bits per heavy atom. The number of ether oxygens (including phenoxy) is 2. The minimum absolute atomic E-state index is 0.0772. The molecule has 2 aromatic rings. The predicted octanol–water partition coefficient (Wildman–Crippen LogP) is 3.53. The summed E-state index contributed by atoms with van der Waals surface area (Å²) in [4.78, 5) is 16.1. The molecule has 1 aromatic carbocycles. The highest BCUT2D eigenvalue weighted by molar-refractivity contribution is 9.10.